The molecule has 0 amide bonds. The maximum absolute atomic E-state index is 6.17. The van der Waals surface area contributed by atoms with Crippen molar-refractivity contribution in [3.8, 4) is 0 Å². The van der Waals surface area contributed by atoms with E-state index in [-0.39, 0.29) is 12.1 Å². The highest BCUT2D eigenvalue weighted by Crippen LogP contribution is 2.25. The number of hydrogen-bond donors (Lipinski definition) is 1. The summed E-state index contributed by atoms with van der Waals surface area (Å²) < 4.78 is 7.12. The second-order valence-electron chi connectivity index (χ2n) is 4.33. The zero-order chi connectivity index (χ0) is 12.8. The third-order valence-corrected chi connectivity index (χ3v) is 3.20. The maximum atomic E-state index is 6.17. The van der Waals surface area contributed by atoms with Crippen LogP contribution >= 0.6 is 11.6 Å². The van der Waals surface area contributed by atoms with E-state index in [4.69, 9.17) is 22.1 Å². The highest BCUT2D eigenvalue weighted by atomic mass is 35.5. The molecule has 1 heterocycles. The molecular weight excluding hydrogens is 238 g/mol. The van der Waals surface area contributed by atoms with Gasteiger partial charge in [0.2, 0.25) is 0 Å². The Hall–Kier alpha value is -0.580. The van der Waals surface area contributed by atoms with Crippen LogP contribution in [0.5, 0.6) is 0 Å². The minimum atomic E-state index is -0.0749. The van der Waals surface area contributed by atoms with E-state index in [9.17, 15) is 0 Å². The van der Waals surface area contributed by atoms with Gasteiger partial charge in [-0.3, -0.25) is 4.68 Å². The average molecular weight is 260 g/mol. The van der Waals surface area contributed by atoms with Gasteiger partial charge < -0.3 is 10.5 Å². The van der Waals surface area contributed by atoms with Crippen molar-refractivity contribution in [3.63, 3.8) is 0 Å². The molecule has 4 nitrogen and oxygen atoms in total. The standard InChI is InChI=1S/C12H22ClN3O/c1-4-7-16-12(10(13)8-15-16)11(14)6-5-9(2)17-3/h8-9,11H,4-7,14H2,1-3H3. The number of aromatic nitrogens is 2. The van der Waals surface area contributed by atoms with Crippen LogP contribution in [0.1, 0.15) is 44.8 Å². The first-order valence-electron chi connectivity index (χ1n) is 6.09. The highest BCUT2D eigenvalue weighted by molar-refractivity contribution is 6.31. The summed E-state index contributed by atoms with van der Waals surface area (Å²) in [6.07, 6.45) is 4.69. The summed E-state index contributed by atoms with van der Waals surface area (Å²) in [6.45, 7) is 5.01. The predicted molar refractivity (Wildman–Crippen MR) is 70.2 cm³/mol. The Morgan fingerprint density at radius 2 is 2.24 bits per heavy atom. The van der Waals surface area contributed by atoms with Gasteiger partial charge in [-0.1, -0.05) is 18.5 Å². The number of aryl methyl sites for hydroxylation is 1. The van der Waals surface area contributed by atoms with Crippen LogP contribution in [-0.4, -0.2) is 23.0 Å². The van der Waals surface area contributed by atoms with Crippen molar-refractivity contribution in [2.24, 2.45) is 5.73 Å². The number of rotatable bonds is 7. The molecule has 1 rings (SSSR count). The lowest BCUT2D eigenvalue weighted by Gasteiger charge is -2.16. The first kappa shape index (κ1) is 14.5. The predicted octanol–water partition coefficient (Wildman–Crippen LogP) is 2.76. The SMILES string of the molecule is CCCn1ncc(Cl)c1C(N)CCC(C)OC. The summed E-state index contributed by atoms with van der Waals surface area (Å²) >= 11 is 6.13. The molecule has 2 atom stereocenters. The van der Waals surface area contributed by atoms with Gasteiger partial charge in [0.05, 0.1) is 23.0 Å². The van der Waals surface area contributed by atoms with E-state index in [2.05, 4.69) is 12.0 Å². The molecule has 0 saturated carbocycles. The Balaban J connectivity index is 2.66. The van der Waals surface area contributed by atoms with Gasteiger partial charge in [-0.15, -0.1) is 0 Å². The Bertz CT molecular complexity index is 340. The molecule has 98 valence electrons. The van der Waals surface area contributed by atoms with E-state index in [1.54, 1.807) is 13.3 Å². The average Bonchev–Trinajstić information content (AvgIpc) is 2.67. The molecule has 2 N–H and O–H groups in total. The van der Waals surface area contributed by atoms with E-state index in [1.807, 2.05) is 11.6 Å². The molecule has 0 saturated heterocycles. The Morgan fingerprint density at radius 1 is 1.53 bits per heavy atom. The quantitative estimate of drug-likeness (QED) is 0.819. The van der Waals surface area contributed by atoms with Crippen molar-refractivity contribution in [3.05, 3.63) is 16.9 Å². The van der Waals surface area contributed by atoms with Gasteiger partial charge in [-0.2, -0.15) is 5.10 Å². The van der Waals surface area contributed by atoms with Crippen molar-refractivity contribution in [1.29, 1.82) is 0 Å². The lowest BCUT2D eigenvalue weighted by atomic mass is 10.1. The summed E-state index contributed by atoms with van der Waals surface area (Å²) in [5.41, 5.74) is 7.12. The molecule has 0 spiro atoms. The largest absolute Gasteiger partial charge is 0.382 e. The lowest BCUT2D eigenvalue weighted by molar-refractivity contribution is 0.107. The summed E-state index contributed by atoms with van der Waals surface area (Å²) in [7, 11) is 1.71. The van der Waals surface area contributed by atoms with Gasteiger partial charge in [-0.25, -0.2) is 0 Å². The monoisotopic (exact) mass is 259 g/mol. The summed E-state index contributed by atoms with van der Waals surface area (Å²) in [4.78, 5) is 0. The van der Waals surface area contributed by atoms with Crippen LogP contribution in [0.3, 0.4) is 0 Å². The van der Waals surface area contributed by atoms with Crippen LogP contribution in [0, 0.1) is 0 Å². The van der Waals surface area contributed by atoms with E-state index >= 15 is 0 Å². The van der Waals surface area contributed by atoms with Crippen molar-refractivity contribution in [2.45, 2.75) is 51.8 Å². The Kier molecular flexibility index (Phi) is 5.95. The van der Waals surface area contributed by atoms with E-state index < -0.39 is 0 Å². The van der Waals surface area contributed by atoms with Gasteiger partial charge in [-0.05, 0) is 26.2 Å². The van der Waals surface area contributed by atoms with E-state index in [0.717, 1.165) is 31.5 Å². The van der Waals surface area contributed by atoms with Crippen molar-refractivity contribution >= 4 is 11.6 Å². The summed E-state index contributed by atoms with van der Waals surface area (Å²) in [6, 6.07) is -0.0749. The zero-order valence-corrected chi connectivity index (χ0v) is 11.6. The van der Waals surface area contributed by atoms with Crippen LogP contribution in [0.25, 0.3) is 0 Å². The molecule has 0 bridgehead atoms. The summed E-state index contributed by atoms with van der Waals surface area (Å²) in [5, 5.41) is 4.91. The van der Waals surface area contributed by atoms with Crippen LogP contribution < -0.4 is 5.73 Å². The second kappa shape index (κ2) is 6.99. The van der Waals surface area contributed by atoms with Gasteiger partial charge in [0.15, 0.2) is 0 Å². The molecule has 17 heavy (non-hydrogen) atoms. The smallest absolute Gasteiger partial charge is 0.0834 e. The van der Waals surface area contributed by atoms with Crippen molar-refractivity contribution < 1.29 is 4.74 Å². The maximum Gasteiger partial charge on any atom is 0.0834 e. The van der Waals surface area contributed by atoms with Gasteiger partial charge in [0.1, 0.15) is 0 Å². The molecule has 0 radical (unpaired) electrons. The van der Waals surface area contributed by atoms with Gasteiger partial charge >= 0.3 is 0 Å². The highest BCUT2D eigenvalue weighted by Gasteiger charge is 2.17. The van der Waals surface area contributed by atoms with Crippen LogP contribution in [0.4, 0.5) is 0 Å². The lowest BCUT2D eigenvalue weighted by Crippen LogP contribution is -2.19. The van der Waals surface area contributed by atoms with Gasteiger partial charge in [0.25, 0.3) is 0 Å². The fraction of sp³-hybridized carbons (Fsp3) is 0.750. The van der Waals surface area contributed by atoms with Crippen LogP contribution in [0.15, 0.2) is 6.20 Å². The normalized spacial score (nSPS) is 14.9. The minimum absolute atomic E-state index is 0.0749. The molecule has 5 heteroatoms. The molecular formula is C12H22ClN3O. The number of halogens is 1. The van der Waals surface area contributed by atoms with Crippen molar-refractivity contribution in [1.82, 2.24) is 9.78 Å². The molecule has 0 aliphatic carbocycles. The van der Waals surface area contributed by atoms with Crippen LogP contribution in [0.2, 0.25) is 5.02 Å². The zero-order valence-electron chi connectivity index (χ0n) is 10.8. The number of nitrogens with zero attached hydrogens (tertiary/aromatic N) is 2. The molecule has 1 aromatic heterocycles. The first-order chi connectivity index (χ1) is 8.10. The third kappa shape index (κ3) is 3.98. The fourth-order valence-corrected chi connectivity index (χ4v) is 2.08. The number of methoxy groups -OCH3 is 1. The Labute approximate surface area is 108 Å². The third-order valence-electron chi connectivity index (χ3n) is 2.91. The van der Waals surface area contributed by atoms with E-state index in [0.29, 0.717) is 5.02 Å². The number of hydrogen-bond acceptors (Lipinski definition) is 3. The molecule has 0 fully saturated rings. The molecule has 2 unspecified atom stereocenters. The van der Waals surface area contributed by atoms with Crippen LogP contribution in [-0.2, 0) is 11.3 Å². The second-order valence-corrected chi connectivity index (χ2v) is 4.74. The molecule has 0 aromatic carbocycles. The number of nitrogens with two attached hydrogens (primary N) is 1. The topological polar surface area (TPSA) is 53.1 Å². The van der Waals surface area contributed by atoms with E-state index in [1.165, 1.54) is 0 Å². The number of ether oxygens (including phenoxy) is 1. The molecule has 0 aliphatic heterocycles. The summed E-state index contributed by atoms with van der Waals surface area (Å²) in [5.74, 6) is 0. The molecule has 1 aromatic rings. The van der Waals surface area contributed by atoms with Gasteiger partial charge in [0, 0.05) is 19.7 Å². The fourth-order valence-electron chi connectivity index (χ4n) is 1.80. The first-order valence-corrected chi connectivity index (χ1v) is 6.47. The molecule has 0 aliphatic rings. The Morgan fingerprint density at radius 3 is 2.82 bits per heavy atom. The minimum Gasteiger partial charge on any atom is -0.382 e. The van der Waals surface area contributed by atoms with Crippen molar-refractivity contribution in [2.75, 3.05) is 7.11 Å².